The Labute approximate surface area is 175 Å². The van der Waals surface area contributed by atoms with E-state index in [1.54, 1.807) is 35.4 Å². The Kier molecular flexibility index (Phi) is 5.54. The number of carbonyl (C=O) groups is 2. The molecule has 3 aromatic rings. The Hall–Kier alpha value is -2.51. The topological polar surface area (TPSA) is 62.6 Å². The monoisotopic (exact) mass is 456 g/mol. The van der Waals surface area contributed by atoms with Gasteiger partial charge in [-0.25, -0.2) is 0 Å². The predicted octanol–water partition coefficient (Wildman–Crippen LogP) is 4.61. The smallest absolute Gasteiger partial charge is 0.251 e. The first-order valence-electron chi connectivity index (χ1n) is 8.73. The van der Waals surface area contributed by atoms with E-state index in [4.69, 9.17) is 4.42 Å². The van der Waals surface area contributed by atoms with Crippen LogP contribution in [0.15, 0.2) is 74.6 Å². The highest BCUT2D eigenvalue weighted by Gasteiger charge is 2.28. The van der Waals surface area contributed by atoms with E-state index in [1.807, 2.05) is 30.3 Å². The number of hydrogen-bond donors (Lipinski definition) is 1. The molecule has 1 aliphatic rings. The maximum Gasteiger partial charge on any atom is 0.251 e. The zero-order chi connectivity index (χ0) is 19.5. The van der Waals surface area contributed by atoms with Crippen LogP contribution in [-0.4, -0.2) is 17.6 Å². The van der Waals surface area contributed by atoms with Crippen LogP contribution in [0.5, 0.6) is 0 Å². The molecule has 1 aliphatic heterocycles. The zero-order valence-electron chi connectivity index (χ0n) is 14.9. The van der Waals surface area contributed by atoms with Crippen LogP contribution in [0.2, 0.25) is 0 Å². The lowest BCUT2D eigenvalue weighted by Crippen LogP contribution is -2.35. The zero-order valence-corrected chi connectivity index (χ0v) is 17.3. The SMILES string of the molecule is O=C(NCc1ccco1)c1cc(Br)c2c(c1)N(Cc1ccccc1)C(=O)CS2. The van der Waals surface area contributed by atoms with E-state index in [2.05, 4.69) is 21.2 Å². The largest absolute Gasteiger partial charge is 0.467 e. The van der Waals surface area contributed by atoms with E-state index in [0.717, 1.165) is 20.6 Å². The van der Waals surface area contributed by atoms with Gasteiger partial charge in [-0.05, 0) is 45.8 Å². The number of halogens is 1. The summed E-state index contributed by atoms with van der Waals surface area (Å²) in [5, 5.41) is 2.85. The molecule has 0 radical (unpaired) electrons. The number of fused-ring (bicyclic) bond motifs is 1. The Morgan fingerprint density at radius 3 is 2.75 bits per heavy atom. The molecule has 0 unspecified atom stereocenters. The van der Waals surface area contributed by atoms with E-state index in [-0.39, 0.29) is 11.8 Å². The molecule has 7 heteroatoms. The average molecular weight is 457 g/mol. The normalized spacial score (nSPS) is 13.3. The fourth-order valence-electron chi connectivity index (χ4n) is 3.02. The second kappa shape index (κ2) is 8.24. The molecule has 1 aromatic heterocycles. The molecule has 2 amide bonds. The number of furan rings is 1. The number of thioether (sulfide) groups is 1. The standard InChI is InChI=1S/C21H17BrN2O3S/c22-17-9-15(21(26)23-11-16-7-4-8-27-16)10-18-20(17)28-13-19(25)24(18)12-14-5-2-1-3-6-14/h1-10H,11-13H2,(H,23,26). The number of amides is 2. The highest BCUT2D eigenvalue weighted by Crippen LogP contribution is 2.42. The summed E-state index contributed by atoms with van der Waals surface area (Å²) in [5.74, 6) is 0.869. The van der Waals surface area contributed by atoms with Gasteiger partial charge < -0.3 is 14.6 Å². The van der Waals surface area contributed by atoms with E-state index in [1.165, 1.54) is 11.8 Å². The van der Waals surface area contributed by atoms with E-state index >= 15 is 0 Å². The first-order chi connectivity index (χ1) is 13.6. The number of rotatable bonds is 5. The lowest BCUT2D eigenvalue weighted by Gasteiger charge is -2.30. The molecular formula is C21H17BrN2O3S. The summed E-state index contributed by atoms with van der Waals surface area (Å²) in [5.41, 5.74) is 2.28. The Morgan fingerprint density at radius 2 is 2.00 bits per heavy atom. The van der Waals surface area contributed by atoms with Gasteiger partial charge in [-0.2, -0.15) is 0 Å². The molecular weight excluding hydrogens is 440 g/mol. The molecule has 28 heavy (non-hydrogen) atoms. The highest BCUT2D eigenvalue weighted by atomic mass is 79.9. The minimum atomic E-state index is -0.220. The van der Waals surface area contributed by atoms with Crippen LogP contribution < -0.4 is 10.2 Å². The second-order valence-corrected chi connectivity index (χ2v) is 8.16. The molecule has 2 heterocycles. The van der Waals surface area contributed by atoms with Crippen molar-refractivity contribution < 1.29 is 14.0 Å². The maximum atomic E-state index is 12.6. The van der Waals surface area contributed by atoms with Gasteiger partial charge in [-0.3, -0.25) is 9.59 Å². The lowest BCUT2D eigenvalue weighted by molar-refractivity contribution is -0.116. The molecule has 1 N–H and O–H groups in total. The molecule has 0 fully saturated rings. The molecule has 2 aromatic carbocycles. The number of nitrogens with zero attached hydrogens (tertiary/aromatic N) is 1. The number of benzene rings is 2. The van der Waals surface area contributed by atoms with E-state index in [9.17, 15) is 9.59 Å². The number of nitrogens with one attached hydrogen (secondary N) is 1. The van der Waals surface area contributed by atoms with E-state index in [0.29, 0.717) is 30.2 Å². The number of anilines is 1. The summed E-state index contributed by atoms with van der Waals surface area (Å²) in [4.78, 5) is 28.0. The van der Waals surface area contributed by atoms with Crippen LogP contribution in [0.1, 0.15) is 21.7 Å². The third kappa shape index (κ3) is 4.00. The first kappa shape index (κ1) is 18.8. The van der Waals surface area contributed by atoms with Crippen molar-refractivity contribution >= 4 is 45.2 Å². The lowest BCUT2D eigenvalue weighted by atomic mass is 10.1. The van der Waals surface area contributed by atoms with Crippen LogP contribution in [-0.2, 0) is 17.9 Å². The van der Waals surface area contributed by atoms with Gasteiger partial charge in [0.2, 0.25) is 5.91 Å². The van der Waals surface area contributed by atoms with Crippen molar-refractivity contribution in [2.45, 2.75) is 18.0 Å². The van der Waals surface area contributed by atoms with Crippen LogP contribution >= 0.6 is 27.7 Å². The van der Waals surface area contributed by atoms with Crippen molar-refractivity contribution in [2.24, 2.45) is 0 Å². The summed E-state index contributed by atoms with van der Waals surface area (Å²) in [6, 6.07) is 17.0. The summed E-state index contributed by atoms with van der Waals surface area (Å²) in [6.45, 7) is 0.777. The predicted molar refractivity (Wildman–Crippen MR) is 112 cm³/mol. The van der Waals surface area contributed by atoms with Gasteiger partial charge in [0.05, 0.1) is 30.8 Å². The van der Waals surface area contributed by atoms with Crippen molar-refractivity contribution in [2.75, 3.05) is 10.7 Å². The number of carbonyl (C=O) groups excluding carboxylic acids is 2. The van der Waals surface area contributed by atoms with Crippen LogP contribution in [0.25, 0.3) is 0 Å². The summed E-state index contributed by atoms with van der Waals surface area (Å²) in [7, 11) is 0. The van der Waals surface area contributed by atoms with Gasteiger partial charge in [0.15, 0.2) is 0 Å². The second-order valence-electron chi connectivity index (χ2n) is 6.32. The third-order valence-corrected chi connectivity index (χ3v) is 6.40. The van der Waals surface area contributed by atoms with E-state index < -0.39 is 0 Å². The van der Waals surface area contributed by atoms with Crippen molar-refractivity contribution in [1.82, 2.24) is 5.32 Å². The average Bonchev–Trinajstić information content (AvgIpc) is 3.22. The molecule has 0 bridgehead atoms. The fraction of sp³-hybridized carbons (Fsp3) is 0.143. The molecule has 142 valence electrons. The quantitative estimate of drug-likeness (QED) is 0.608. The van der Waals surface area contributed by atoms with Gasteiger partial charge in [-0.15, -0.1) is 11.8 Å². The molecule has 0 saturated carbocycles. The van der Waals surface area contributed by atoms with Crippen LogP contribution in [0.4, 0.5) is 5.69 Å². The molecule has 0 spiro atoms. The van der Waals surface area contributed by atoms with Gasteiger partial charge in [0, 0.05) is 14.9 Å². The van der Waals surface area contributed by atoms with Crippen molar-refractivity contribution in [3.05, 3.63) is 82.2 Å². The molecule has 0 saturated heterocycles. The highest BCUT2D eigenvalue weighted by molar-refractivity contribution is 9.10. The Morgan fingerprint density at radius 1 is 1.18 bits per heavy atom. The van der Waals surface area contributed by atoms with Gasteiger partial charge in [-0.1, -0.05) is 30.3 Å². The van der Waals surface area contributed by atoms with Crippen LogP contribution in [0.3, 0.4) is 0 Å². The maximum absolute atomic E-state index is 12.6. The first-order valence-corrected chi connectivity index (χ1v) is 10.5. The Bertz CT molecular complexity index is 1010. The third-order valence-electron chi connectivity index (χ3n) is 4.40. The summed E-state index contributed by atoms with van der Waals surface area (Å²) < 4.78 is 6.06. The minimum absolute atomic E-state index is 0.0291. The van der Waals surface area contributed by atoms with Crippen LogP contribution in [0, 0.1) is 0 Å². The molecule has 0 atom stereocenters. The summed E-state index contributed by atoms with van der Waals surface area (Å²) >= 11 is 5.05. The summed E-state index contributed by atoms with van der Waals surface area (Å²) in [6.07, 6.45) is 1.57. The van der Waals surface area contributed by atoms with Gasteiger partial charge in [0.25, 0.3) is 5.91 Å². The fourth-order valence-corrected chi connectivity index (χ4v) is 4.75. The Balaban J connectivity index is 1.62. The van der Waals surface area contributed by atoms with Crippen molar-refractivity contribution in [3.8, 4) is 0 Å². The molecule has 4 rings (SSSR count). The minimum Gasteiger partial charge on any atom is -0.467 e. The molecule has 0 aliphatic carbocycles. The number of hydrogen-bond acceptors (Lipinski definition) is 4. The van der Waals surface area contributed by atoms with Gasteiger partial charge in [0.1, 0.15) is 5.76 Å². The molecule has 5 nitrogen and oxygen atoms in total. The van der Waals surface area contributed by atoms with Gasteiger partial charge >= 0.3 is 0 Å². The van der Waals surface area contributed by atoms with Crippen molar-refractivity contribution in [3.63, 3.8) is 0 Å². The van der Waals surface area contributed by atoms with Crippen molar-refractivity contribution in [1.29, 1.82) is 0 Å².